The van der Waals surface area contributed by atoms with Gasteiger partial charge in [-0.2, -0.15) is 5.26 Å². The predicted octanol–water partition coefficient (Wildman–Crippen LogP) is 1.37. The molecule has 0 spiro atoms. The van der Waals surface area contributed by atoms with Crippen LogP contribution < -0.4 is 0 Å². The quantitative estimate of drug-likeness (QED) is 0.647. The lowest BCUT2D eigenvalue weighted by Gasteiger charge is -2.19. The Kier molecular flexibility index (Phi) is 4.68. The SMILES string of the molecule is C/C(=C\C#N)C(O)CCC(C)(C)O. The van der Waals surface area contributed by atoms with Gasteiger partial charge in [-0.15, -0.1) is 0 Å². The number of hydrogen-bond donors (Lipinski definition) is 2. The van der Waals surface area contributed by atoms with Gasteiger partial charge in [0.1, 0.15) is 0 Å². The van der Waals surface area contributed by atoms with Crippen LogP contribution in [-0.2, 0) is 0 Å². The average Bonchev–Trinajstić information content (AvgIpc) is 1.99. The maximum absolute atomic E-state index is 9.48. The van der Waals surface area contributed by atoms with E-state index < -0.39 is 11.7 Å². The minimum absolute atomic E-state index is 0.480. The zero-order valence-electron chi connectivity index (χ0n) is 8.41. The molecule has 0 amide bonds. The highest BCUT2D eigenvalue weighted by atomic mass is 16.3. The molecular weight excluding hydrogens is 166 g/mol. The molecule has 0 aliphatic carbocycles. The molecule has 0 bridgehead atoms. The molecule has 3 nitrogen and oxygen atoms in total. The molecule has 0 saturated heterocycles. The van der Waals surface area contributed by atoms with Gasteiger partial charge < -0.3 is 10.2 Å². The van der Waals surface area contributed by atoms with E-state index >= 15 is 0 Å². The summed E-state index contributed by atoms with van der Waals surface area (Å²) in [5.74, 6) is 0. The normalized spacial score (nSPS) is 15.2. The molecule has 13 heavy (non-hydrogen) atoms. The van der Waals surface area contributed by atoms with E-state index in [2.05, 4.69) is 0 Å². The minimum Gasteiger partial charge on any atom is -0.390 e. The number of allylic oxidation sites excluding steroid dienone is 1. The van der Waals surface area contributed by atoms with Crippen molar-refractivity contribution in [2.45, 2.75) is 45.3 Å². The van der Waals surface area contributed by atoms with E-state index in [0.29, 0.717) is 18.4 Å². The lowest BCUT2D eigenvalue weighted by atomic mass is 9.97. The lowest BCUT2D eigenvalue weighted by Crippen LogP contribution is -2.21. The third kappa shape index (κ3) is 6.32. The average molecular weight is 183 g/mol. The van der Waals surface area contributed by atoms with Crippen LogP contribution in [0.25, 0.3) is 0 Å². The summed E-state index contributed by atoms with van der Waals surface area (Å²) in [5.41, 5.74) is -0.111. The first-order valence-corrected chi connectivity index (χ1v) is 4.33. The Bertz CT molecular complexity index is 220. The summed E-state index contributed by atoms with van der Waals surface area (Å²) in [4.78, 5) is 0. The van der Waals surface area contributed by atoms with Gasteiger partial charge in [0.2, 0.25) is 0 Å². The molecule has 0 aromatic heterocycles. The summed E-state index contributed by atoms with van der Waals surface area (Å²) in [6.07, 6.45) is 1.71. The molecule has 0 aromatic carbocycles. The summed E-state index contributed by atoms with van der Waals surface area (Å²) < 4.78 is 0. The van der Waals surface area contributed by atoms with Crippen molar-refractivity contribution in [3.63, 3.8) is 0 Å². The van der Waals surface area contributed by atoms with Crippen molar-refractivity contribution in [3.05, 3.63) is 11.6 Å². The van der Waals surface area contributed by atoms with Crippen LogP contribution in [0.4, 0.5) is 0 Å². The third-order valence-electron chi connectivity index (χ3n) is 1.85. The zero-order chi connectivity index (χ0) is 10.5. The lowest BCUT2D eigenvalue weighted by molar-refractivity contribution is 0.0544. The molecule has 0 aromatic rings. The highest BCUT2D eigenvalue weighted by Crippen LogP contribution is 2.15. The standard InChI is InChI=1S/C10H17NO2/c1-8(5-7-11)9(12)4-6-10(2,3)13/h5,9,12-13H,4,6H2,1-3H3/b8-5+. The second-order valence-electron chi connectivity index (χ2n) is 3.88. The van der Waals surface area contributed by atoms with Crippen LogP contribution in [0.2, 0.25) is 0 Å². The molecule has 0 fully saturated rings. The van der Waals surface area contributed by atoms with Crippen molar-refractivity contribution in [3.8, 4) is 6.07 Å². The summed E-state index contributed by atoms with van der Waals surface area (Å²) >= 11 is 0. The third-order valence-corrected chi connectivity index (χ3v) is 1.85. The molecule has 0 saturated carbocycles. The highest BCUT2D eigenvalue weighted by molar-refractivity contribution is 5.14. The topological polar surface area (TPSA) is 64.2 Å². The van der Waals surface area contributed by atoms with Crippen molar-refractivity contribution in [1.82, 2.24) is 0 Å². The summed E-state index contributed by atoms with van der Waals surface area (Å²) in [6, 6.07) is 1.86. The molecule has 1 atom stereocenters. The van der Waals surface area contributed by atoms with Gasteiger partial charge in [0.05, 0.1) is 17.8 Å². The van der Waals surface area contributed by atoms with Gasteiger partial charge in [0, 0.05) is 6.08 Å². The van der Waals surface area contributed by atoms with E-state index in [-0.39, 0.29) is 0 Å². The number of rotatable bonds is 4. The molecule has 1 unspecified atom stereocenters. The molecule has 2 N–H and O–H groups in total. The second-order valence-corrected chi connectivity index (χ2v) is 3.88. The largest absolute Gasteiger partial charge is 0.390 e. The van der Waals surface area contributed by atoms with Crippen molar-refractivity contribution in [2.75, 3.05) is 0 Å². The van der Waals surface area contributed by atoms with Gasteiger partial charge in [-0.3, -0.25) is 0 Å². The molecule has 3 heteroatoms. The number of aliphatic hydroxyl groups is 2. The van der Waals surface area contributed by atoms with Crippen LogP contribution in [0.1, 0.15) is 33.6 Å². The van der Waals surface area contributed by atoms with Gasteiger partial charge in [-0.05, 0) is 39.2 Å². The van der Waals surface area contributed by atoms with E-state index in [4.69, 9.17) is 5.26 Å². The number of nitriles is 1. The predicted molar refractivity (Wildman–Crippen MR) is 50.9 cm³/mol. The Morgan fingerprint density at radius 2 is 2.15 bits per heavy atom. The van der Waals surface area contributed by atoms with Crippen molar-refractivity contribution in [2.24, 2.45) is 0 Å². The van der Waals surface area contributed by atoms with Crippen LogP contribution in [0.15, 0.2) is 11.6 Å². The number of aliphatic hydroxyl groups excluding tert-OH is 1. The van der Waals surface area contributed by atoms with Crippen LogP contribution >= 0.6 is 0 Å². The highest BCUT2D eigenvalue weighted by Gasteiger charge is 2.15. The maximum atomic E-state index is 9.48. The molecule has 0 aliphatic rings. The number of nitrogens with zero attached hydrogens (tertiary/aromatic N) is 1. The summed E-state index contributed by atoms with van der Waals surface area (Å²) in [5, 5.41) is 27.2. The minimum atomic E-state index is -0.756. The Labute approximate surface area is 79.3 Å². The zero-order valence-corrected chi connectivity index (χ0v) is 8.41. The van der Waals surface area contributed by atoms with Crippen molar-refractivity contribution < 1.29 is 10.2 Å². The van der Waals surface area contributed by atoms with Crippen molar-refractivity contribution >= 4 is 0 Å². The smallest absolute Gasteiger partial charge is 0.0912 e. The Balaban J connectivity index is 3.97. The van der Waals surface area contributed by atoms with Gasteiger partial charge >= 0.3 is 0 Å². The van der Waals surface area contributed by atoms with Crippen molar-refractivity contribution in [1.29, 1.82) is 5.26 Å². The first kappa shape index (κ1) is 12.2. The van der Waals surface area contributed by atoms with Gasteiger partial charge in [-0.25, -0.2) is 0 Å². The van der Waals surface area contributed by atoms with E-state index in [1.807, 2.05) is 6.07 Å². The Morgan fingerprint density at radius 3 is 2.54 bits per heavy atom. The fourth-order valence-corrected chi connectivity index (χ4v) is 0.916. The molecular formula is C10H17NO2. The Morgan fingerprint density at radius 1 is 1.62 bits per heavy atom. The van der Waals surface area contributed by atoms with E-state index in [1.165, 1.54) is 6.08 Å². The van der Waals surface area contributed by atoms with Crippen LogP contribution in [0, 0.1) is 11.3 Å². The van der Waals surface area contributed by atoms with E-state index in [1.54, 1.807) is 20.8 Å². The van der Waals surface area contributed by atoms with Crippen LogP contribution in [0.5, 0.6) is 0 Å². The summed E-state index contributed by atoms with van der Waals surface area (Å²) in [7, 11) is 0. The second kappa shape index (κ2) is 5.00. The fraction of sp³-hybridized carbons (Fsp3) is 0.700. The molecule has 0 aliphatic heterocycles. The summed E-state index contributed by atoms with van der Waals surface area (Å²) in [6.45, 7) is 5.10. The fourth-order valence-electron chi connectivity index (χ4n) is 0.916. The van der Waals surface area contributed by atoms with Gasteiger partial charge in [0.15, 0.2) is 0 Å². The number of hydrogen-bond acceptors (Lipinski definition) is 3. The first-order valence-electron chi connectivity index (χ1n) is 4.33. The molecule has 0 radical (unpaired) electrons. The maximum Gasteiger partial charge on any atom is 0.0912 e. The van der Waals surface area contributed by atoms with Crippen LogP contribution in [0.3, 0.4) is 0 Å². The molecule has 0 rings (SSSR count). The van der Waals surface area contributed by atoms with Gasteiger partial charge in [0.25, 0.3) is 0 Å². The van der Waals surface area contributed by atoms with Gasteiger partial charge in [-0.1, -0.05) is 0 Å². The molecule has 0 heterocycles. The van der Waals surface area contributed by atoms with Crippen LogP contribution in [-0.4, -0.2) is 21.9 Å². The first-order chi connectivity index (χ1) is 5.87. The molecule has 74 valence electrons. The Hall–Kier alpha value is -0.850. The monoisotopic (exact) mass is 183 g/mol. The van der Waals surface area contributed by atoms with E-state index in [0.717, 1.165) is 0 Å². The van der Waals surface area contributed by atoms with E-state index in [9.17, 15) is 10.2 Å².